The molecule has 1 heterocycles. The van der Waals surface area contributed by atoms with E-state index >= 15 is 0 Å². The van der Waals surface area contributed by atoms with E-state index in [0.717, 1.165) is 11.5 Å². The van der Waals surface area contributed by atoms with E-state index in [4.69, 9.17) is 9.15 Å². The predicted molar refractivity (Wildman–Crippen MR) is 64.6 cm³/mol. The highest BCUT2D eigenvalue weighted by Crippen LogP contribution is 2.05. The van der Waals surface area contributed by atoms with Gasteiger partial charge in [0.15, 0.2) is 0 Å². The van der Waals surface area contributed by atoms with Crippen molar-refractivity contribution in [1.29, 1.82) is 0 Å². The lowest BCUT2D eigenvalue weighted by molar-refractivity contribution is -0.123. The number of aryl methyl sites for hydroxylation is 1. The van der Waals surface area contributed by atoms with E-state index in [9.17, 15) is 4.79 Å². The molecule has 1 rings (SSSR count). The summed E-state index contributed by atoms with van der Waals surface area (Å²) in [5, 5.41) is 5.86. The molecule has 1 aromatic rings. The average molecular weight is 240 g/mol. The summed E-state index contributed by atoms with van der Waals surface area (Å²) in [5.74, 6) is 1.67. The zero-order chi connectivity index (χ0) is 12.7. The first-order chi connectivity index (χ1) is 8.13. The van der Waals surface area contributed by atoms with Gasteiger partial charge in [-0.1, -0.05) is 0 Å². The van der Waals surface area contributed by atoms with Gasteiger partial charge in [0.2, 0.25) is 5.91 Å². The average Bonchev–Trinajstić information content (AvgIpc) is 2.72. The minimum Gasteiger partial charge on any atom is -0.465 e. The van der Waals surface area contributed by atoms with Gasteiger partial charge in [-0.15, -0.1) is 0 Å². The van der Waals surface area contributed by atoms with E-state index < -0.39 is 0 Å². The van der Waals surface area contributed by atoms with Gasteiger partial charge < -0.3 is 14.5 Å². The van der Waals surface area contributed by atoms with Crippen LogP contribution in [0.3, 0.4) is 0 Å². The molecule has 96 valence electrons. The summed E-state index contributed by atoms with van der Waals surface area (Å²) in [6, 6.07) is 3.55. The second-order valence-corrected chi connectivity index (χ2v) is 3.90. The molecule has 0 radical (unpaired) electrons. The molecule has 1 aromatic heterocycles. The van der Waals surface area contributed by atoms with Gasteiger partial charge >= 0.3 is 0 Å². The maximum Gasteiger partial charge on any atom is 0.236 e. The molecule has 5 heteroatoms. The van der Waals surface area contributed by atoms with E-state index in [0.29, 0.717) is 19.7 Å². The Morgan fingerprint density at radius 2 is 2.29 bits per heavy atom. The summed E-state index contributed by atoms with van der Waals surface area (Å²) in [5.41, 5.74) is 0. The number of hydrogen-bond donors (Lipinski definition) is 2. The van der Waals surface area contributed by atoms with Gasteiger partial charge in [0.25, 0.3) is 0 Å². The topological polar surface area (TPSA) is 63.5 Å². The van der Waals surface area contributed by atoms with E-state index in [-0.39, 0.29) is 11.9 Å². The first-order valence-corrected chi connectivity index (χ1v) is 5.69. The maximum absolute atomic E-state index is 11.6. The van der Waals surface area contributed by atoms with Gasteiger partial charge in [0.1, 0.15) is 11.5 Å². The van der Waals surface area contributed by atoms with Crippen molar-refractivity contribution in [3.8, 4) is 0 Å². The van der Waals surface area contributed by atoms with Crippen LogP contribution < -0.4 is 10.6 Å². The lowest BCUT2D eigenvalue weighted by Crippen LogP contribution is -2.42. The molecule has 0 bridgehead atoms. The third-order valence-corrected chi connectivity index (χ3v) is 2.38. The first-order valence-electron chi connectivity index (χ1n) is 5.69. The highest BCUT2D eigenvalue weighted by atomic mass is 16.5. The Balaban J connectivity index is 2.24. The summed E-state index contributed by atoms with van der Waals surface area (Å²) in [4.78, 5) is 11.6. The molecule has 0 aliphatic rings. The quantitative estimate of drug-likeness (QED) is 0.693. The van der Waals surface area contributed by atoms with Crippen molar-refractivity contribution in [2.24, 2.45) is 0 Å². The fourth-order valence-electron chi connectivity index (χ4n) is 1.36. The molecule has 1 amide bonds. The standard InChI is InChI=1S/C12H20N2O3/c1-9-4-5-11(17-9)8-14-10(2)12(15)13-6-7-16-3/h4-5,10,14H,6-8H2,1-3H3,(H,13,15). The third kappa shape index (κ3) is 5.01. The van der Waals surface area contributed by atoms with Gasteiger partial charge in [-0.3, -0.25) is 10.1 Å². The largest absolute Gasteiger partial charge is 0.465 e. The van der Waals surface area contributed by atoms with Crippen molar-refractivity contribution in [3.05, 3.63) is 23.7 Å². The van der Waals surface area contributed by atoms with Crippen molar-refractivity contribution in [2.75, 3.05) is 20.3 Å². The minimum absolute atomic E-state index is 0.0367. The summed E-state index contributed by atoms with van der Waals surface area (Å²) in [6.45, 7) is 5.31. The summed E-state index contributed by atoms with van der Waals surface area (Å²) in [6.07, 6.45) is 0. The SMILES string of the molecule is COCCNC(=O)C(C)NCc1ccc(C)o1. The van der Waals surface area contributed by atoms with Crippen LogP contribution in [-0.4, -0.2) is 32.2 Å². The first kappa shape index (κ1) is 13.7. The van der Waals surface area contributed by atoms with Gasteiger partial charge in [0.05, 0.1) is 19.2 Å². The third-order valence-electron chi connectivity index (χ3n) is 2.38. The monoisotopic (exact) mass is 240 g/mol. The summed E-state index contributed by atoms with van der Waals surface area (Å²) >= 11 is 0. The second-order valence-electron chi connectivity index (χ2n) is 3.90. The number of carbonyl (C=O) groups is 1. The maximum atomic E-state index is 11.6. The van der Waals surface area contributed by atoms with Gasteiger partial charge in [-0.2, -0.15) is 0 Å². The molecular weight excluding hydrogens is 220 g/mol. The molecule has 0 spiro atoms. The Morgan fingerprint density at radius 1 is 1.53 bits per heavy atom. The van der Waals surface area contributed by atoms with Crippen molar-refractivity contribution in [1.82, 2.24) is 10.6 Å². The molecule has 1 unspecified atom stereocenters. The minimum atomic E-state index is -0.253. The van der Waals surface area contributed by atoms with Crippen LogP contribution in [0, 0.1) is 6.92 Å². The number of rotatable bonds is 7. The van der Waals surface area contributed by atoms with Crippen LogP contribution in [0.4, 0.5) is 0 Å². The lowest BCUT2D eigenvalue weighted by Gasteiger charge is -2.12. The zero-order valence-corrected chi connectivity index (χ0v) is 10.6. The Morgan fingerprint density at radius 3 is 2.88 bits per heavy atom. The summed E-state index contributed by atoms with van der Waals surface area (Å²) in [7, 11) is 1.60. The second kappa shape index (κ2) is 7.09. The Labute approximate surface area is 102 Å². The Bertz CT molecular complexity index is 349. The van der Waals surface area contributed by atoms with Crippen molar-refractivity contribution >= 4 is 5.91 Å². The highest BCUT2D eigenvalue weighted by Gasteiger charge is 2.11. The van der Waals surface area contributed by atoms with E-state index in [2.05, 4.69) is 10.6 Å². The smallest absolute Gasteiger partial charge is 0.236 e. The van der Waals surface area contributed by atoms with Crippen molar-refractivity contribution < 1.29 is 13.9 Å². The summed E-state index contributed by atoms with van der Waals surface area (Å²) < 4.78 is 10.3. The highest BCUT2D eigenvalue weighted by molar-refractivity contribution is 5.81. The fraction of sp³-hybridized carbons (Fsp3) is 0.583. The van der Waals surface area contributed by atoms with Crippen LogP contribution in [0.2, 0.25) is 0 Å². The fourth-order valence-corrected chi connectivity index (χ4v) is 1.36. The van der Waals surface area contributed by atoms with Crippen molar-refractivity contribution in [3.63, 3.8) is 0 Å². The van der Waals surface area contributed by atoms with Crippen LogP contribution in [0.15, 0.2) is 16.5 Å². The molecule has 0 aromatic carbocycles. The van der Waals surface area contributed by atoms with Gasteiger partial charge in [0, 0.05) is 13.7 Å². The number of carbonyl (C=O) groups excluding carboxylic acids is 1. The van der Waals surface area contributed by atoms with Crippen LogP contribution in [0.1, 0.15) is 18.4 Å². The molecule has 1 atom stereocenters. The van der Waals surface area contributed by atoms with Gasteiger partial charge in [-0.25, -0.2) is 0 Å². The number of methoxy groups -OCH3 is 1. The van der Waals surface area contributed by atoms with E-state index in [1.165, 1.54) is 0 Å². The van der Waals surface area contributed by atoms with E-state index in [1.807, 2.05) is 26.0 Å². The van der Waals surface area contributed by atoms with Crippen LogP contribution in [0.25, 0.3) is 0 Å². The number of ether oxygens (including phenoxy) is 1. The van der Waals surface area contributed by atoms with Gasteiger partial charge in [-0.05, 0) is 26.0 Å². The molecule has 0 saturated carbocycles. The molecule has 0 aliphatic carbocycles. The molecule has 17 heavy (non-hydrogen) atoms. The Kier molecular flexibility index (Phi) is 5.72. The van der Waals surface area contributed by atoms with Crippen molar-refractivity contribution in [2.45, 2.75) is 26.4 Å². The molecule has 5 nitrogen and oxygen atoms in total. The Hall–Kier alpha value is -1.33. The predicted octanol–water partition coefficient (Wildman–Crippen LogP) is 0.829. The molecule has 0 aliphatic heterocycles. The molecule has 0 fully saturated rings. The van der Waals surface area contributed by atoms with Crippen LogP contribution in [-0.2, 0) is 16.1 Å². The number of hydrogen-bond acceptors (Lipinski definition) is 4. The van der Waals surface area contributed by atoms with E-state index in [1.54, 1.807) is 7.11 Å². The normalized spacial score (nSPS) is 12.4. The lowest BCUT2D eigenvalue weighted by atomic mass is 10.3. The molecule has 2 N–H and O–H groups in total. The van der Waals surface area contributed by atoms with Crippen LogP contribution in [0.5, 0.6) is 0 Å². The number of amides is 1. The zero-order valence-electron chi connectivity index (χ0n) is 10.6. The molecule has 0 saturated heterocycles. The number of furan rings is 1. The van der Waals surface area contributed by atoms with Crippen LogP contribution >= 0.6 is 0 Å². The number of nitrogens with one attached hydrogen (secondary N) is 2. The molecular formula is C12H20N2O3.